The fraction of sp³-hybridized carbons (Fsp3) is 0.538. The molecule has 0 saturated carbocycles. The van der Waals surface area contributed by atoms with Crippen LogP contribution in [0.15, 0.2) is 12.1 Å². The number of thiophene rings is 1. The topological polar surface area (TPSA) is 58.6 Å². The molecule has 1 aromatic heterocycles. The average molecular weight is 282 g/mol. The van der Waals surface area contributed by atoms with E-state index in [2.05, 4.69) is 10.2 Å². The highest BCUT2D eigenvalue weighted by molar-refractivity contribution is 7.15. The number of amides is 1. The monoisotopic (exact) mass is 282 g/mol. The number of ether oxygens (including phenoxy) is 1. The maximum Gasteiger partial charge on any atom is 0.261 e. The van der Waals surface area contributed by atoms with Crippen LogP contribution >= 0.6 is 11.3 Å². The Morgan fingerprint density at radius 3 is 2.89 bits per heavy atom. The van der Waals surface area contributed by atoms with Gasteiger partial charge < -0.3 is 10.1 Å². The standard InChI is InChI=1S/C13H18N2O3S/c16-10-11-2-3-12(19-11)13(17)14-4-1-5-15-6-8-18-9-7-15/h2-3,10H,1,4-9H2,(H,14,17). The zero-order chi connectivity index (χ0) is 13.5. The van der Waals surface area contributed by atoms with E-state index in [1.54, 1.807) is 12.1 Å². The Labute approximate surface area is 116 Å². The zero-order valence-corrected chi connectivity index (χ0v) is 11.6. The van der Waals surface area contributed by atoms with Gasteiger partial charge in [0.25, 0.3) is 5.91 Å². The molecule has 1 aliphatic heterocycles. The minimum absolute atomic E-state index is 0.0972. The van der Waals surface area contributed by atoms with E-state index in [-0.39, 0.29) is 5.91 Å². The molecule has 1 aliphatic rings. The van der Waals surface area contributed by atoms with E-state index in [1.807, 2.05) is 0 Å². The third-order valence-electron chi connectivity index (χ3n) is 3.01. The lowest BCUT2D eigenvalue weighted by atomic mass is 10.3. The molecular formula is C13H18N2O3S. The molecule has 0 atom stereocenters. The van der Waals surface area contributed by atoms with E-state index in [1.165, 1.54) is 11.3 Å². The first kappa shape index (κ1) is 14.2. The minimum atomic E-state index is -0.0972. The molecule has 0 aromatic carbocycles. The van der Waals surface area contributed by atoms with Crippen molar-refractivity contribution in [2.45, 2.75) is 6.42 Å². The van der Waals surface area contributed by atoms with Crippen LogP contribution < -0.4 is 5.32 Å². The van der Waals surface area contributed by atoms with E-state index in [0.29, 0.717) is 16.3 Å². The molecule has 0 aliphatic carbocycles. The van der Waals surface area contributed by atoms with E-state index in [0.717, 1.165) is 45.6 Å². The molecule has 2 heterocycles. The molecule has 19 heavy (non-hydrogen) atoms. The minimum Gasteiger partial charge on any atom is -0.379 e. The molecule has 1 aromatic rings. The predicted molar refractivity (Wildman–Crippen MR) is 73.9 cm³/mol. The van der Waals surface area contributed by atoms with Crippen molar-refractivity contribution in [1.82, 2.24) is 10.2 Å². The number of rotatable bonds is 6. The zero-order valence-electron chi connectivity index (χ0n) is 10.8. The van der Waals surface area contributed by atoms with Gasteiger partial charge in [0.2, 0.25) is 0 Å². The van der Waals surface area contributed by atoms with Crippen LogP contribution in [0.3, 0.4) is 0 Å². The molecule has 1 N–H and O–H groups in total. The highest BCUT2D eigenvalue weighted by Crippen LogP contribution is 2.13. The van der Waals surface area contributed by atoms with Gasteiger partial charge in [0, 0.05) is 19.6 Å². The van der Waals surface area contributed by atoms with Gasteiger partial charge in [-0.2, -0.15) is 0 Å². The SMILES string of the molecule is O=Cc1ccc(C(=O)NCCCN2CCOCC2)s1. The summed E-state index contributed by atoms with van der Waals surface area (Å²) in [6.07, 6.45) is 1.69. The second-order valence-electron chi connectivity index (χ2n) is 4.38. The van der Waals surface area contributed by atoms with Gasteiger partial charge >= 0.3 is 0 Å². The number of carbonyl (C=O) groups excluding carboxylic acids is 2. The molecule has 1 fully saturated rings. The molecule has 0 unspecified atom stereocenters. The van der Waals surface area contributed by atoms with Gasteiger partial charge in [-0.25, -0.2) is 0 Å². The van der Waals surface area contributed by atoms with Crippen LogP contribution in [0.1, 0.15) is 25.8 Å². The molecule has 2 rings (SSSR count). The lowest BCUT2D eigenvalue weighted by Crippen LogP contribution is -2.38. The van der Waals surface area contributed by atoms with Crippen molar-refractivity contribution in [2.75, 3.05) is 39.4 Å². The maximum absolute atomic E-state index is 11.8. The van der Waals surface area contributed by atoms with E-state index in [4.69, 9.17) is 4.74 Å². The van der Waals surface area contributed by atoms with Crippen LogP contribution in [0.4, 0.5) is 0 Å². The third kappa shape index (κ3) is 4.41. The van der Waals surface area contributed by atoms with E-state index in [9.17, 15) is 9.59 Å². The molecule has 0 spiro atoms. The van der Waals surface area contributed by atoms with Crippen molar-refractivity contribution in [2.24, 2.45) is 0 Å². The fourth-order valence-electron chi connectivity index (χ4n) is 1.95. The van der Waals surface area contributed by atoms with Crippen LogP contribution in [-0.2, 0) is 4.74 Å². The smallest absolute Gasteiger partial charge is 0.261 e. The van der Waals surface area contributed by atoms with Crippen LogP contribution in [0.2, 0.25) is 0 Å². The first-order valence-electron chi connectivity index (χ1n) is 6.43. The summed E-state index contributed by atoms with van der Waals surface area (Å²) in [4.78, 5) is 25.8. The van der Waals surface area contributed by atoms with E-state index < -0.39 is 0 Å². The molecule has 0 radical (unpaired) electrons. The van der Waals surface area contributed by atoms with Crippen LogP contribution in [0.25, 0.3) is 0 Å². The molecule has 1 saturated heterocycles. The molecule has 0 bridgehead atoms. The van der Waals surface area contributed by atoms with Gasteiger partial charge in [0.1, 0.15) is 0 Å². The third-order valence-corrected chi connectivity index (χ3v) is 4.02. The van der Waals surface area contributed by atoms with Crippen molar-refractivity contribution < 1.29 is 14.3 Å². The van der Waals surface area contributed by atoms with Gasteiger partial charge in [-0.15, -0.1) is 11.3 Å². The van der Waals surface area contributed by atoms with Crippen molar-refractivity contribution in [1.29, 1.82) is 0 Å². The Bertz CT molecular complexity index is 427. The van der Waals surface area contributed by atoms with Crippen LogP contribution in [0.5, 0.6) is 0 Å². The van der Waals surface area contributed by atoms with Gasteiger partial charge in [-0.3, -0.25) is 14.5 Å². The Hall–Kier alpha value is -1.24. The van der Waals surface area contributed by atoms with Gasteiger partial charge in [-0.05, 0) is 25.1 Å². The highest BCUT2D eigenvalue weighted by Gasteiger charge is 2.11. The number of nitrogens with zero attached hydrogens (tertiary/aromatic N) is 1. The summed E-state index contributed by atoms with van der Waals surface area (Å²) in [5.74, 6) is -0.0972. The van der Waals surface area contributed by atoms with Crippen molar-refractivity contribution >= 4 is 23.5 Å². The number of hydrogen-bond donors (Lipinski definition) is 1. The summed E-state index contributed by atoms with van der Waals surface area (Å²) >= 11 is 1.22. The van der Waals surface area contributed by atoms with Gasteiger partial charge in [0.05, 0.1) is 23.0 Å². The Morgan fingerprint density at radius 1 is 1.42 bits per heavy atom. The maximum atomic E-state index is 11.8. The first-order chi connectivity index (χ1) is 9.29. The number of carbonyl (C=O) groups is 2. The molecule has 5 nitrogen and oxygen atoms in total. The molecule has 1 amide bonds. The second-order valence-corrected chi connectivity index (χ2v) is 5.50. The number of aldehydes is 1. The largest absolute Gasteiger partial charge is 0.379 e. The number of nitrogens with one attached hydrogen (secondary N) is 1. The van der Waals surface area contributed by atoms with Crippen LogP contribution in [0, 0.1) is 0 Å². The van der Waals surface area contributed by atoms with Gasteiger partial charge in [0.15, 0.2) is 6.29 Å². The summed E-state index contributed by atoms with van der Waals surface area (Å²) < 4.78 is 5.28. The summed E-state index contributed by atoms with van der Waals surface area (Å²) in [5, 5.41) is 2.87. The van der Waals surface area contributed by atoms with Crippen LogP contribution in [-0.4, -0.2) is 56.5 Å². The lowest BCUT2D eigenvalue weighted by Gasteiger charge is -2.26. The van der Waals surface area contributed by atoms with Crippen molar-refractivity contribution in [3.05, 3.63) is 21.9 Å². The Kier molecular flexibility index (Phi) is 5.50. The Balaban J connectivity index is 1.64. The summed E-state index contributed by atoms with van der Waals surface area (Å²) in [5.41, 5.74) is 0. The number of morpholine rings is 1. The molecule has 104 valence electrons. The second kappa shape index (κ2) is 7.37. The van der Waals surface area contributed by atoms with Crippen molar-refractivity contribution in [3.8, 4) is 0 Å². The quantitative estimate of drug-likeness (QED) is 0.625. The van der Waals surface area contributed by atoms with E-state index >= 15 is 0 Å². The molecular weight excluding hydrogens is 264 g/mol. The molecule has 6 heteroatoms. The van der Waals surface area contributed by atoms with Gasteiger partial charge in [-0.1, -0.05) is 0 Å². The number of hydrogen-bond acceptors (Lipinski definition) is 5. The highest BCUT2D eigenvalue weighted by atomic mass is 32.1. The normalized spacial score (nSPS) is 16.2. The summed E-state index contributed by atoms with van der Waals surface area (Å²) in [6, 6.07) is 3.35. The van der Waals surface area contributed by atoms with Crippen molar-refractivity contribution in [3.63, 3.8) is 0 Å². The Morgan fingerprint density at radius 2 is 2.21 bits per heavy atom. The predicted octanol–water partition coefficient (Wildman–Crippen LogP) is 1.01. The lowest BCUT2D eigenvalue weighted by molar-refractivity contribution is 0.0374. The summed E-state index contributed by atoms with van der Waals surface area (Å²) in [6.45, 7) is 5.19. The first-order valence-corrected chi connectivity index (χ1v) is 7.24. The fourth-order valence-corrected chi connectivity index (χ4v) is 2.69. The average Bonchev–Trinajstić information content (AvgIpc) is 2.93. The summed E-state index contributed by atoms with van der Waals surface area (Å²) in [7, 11) is 0.